The van der Waals surface area contributed by atoms with Gasteiger partial charge in [0, 0.05) is 18.8 Å². The fourth-order valence-electron chi connectivity index (χ4n) is 4.13. The van der Waals surface area contributed by atoms with Crippen LogP contribution in [0.4, 0.5) is 20.3 Å². The topological polar surface area (TPSA) is 121 Å². The number of hydrogen-bond acceptors (Lipinski definition) is 7. The van der Waals surface area contributed by atoms with E-state index in [0.717, 1.165) is 17.7 Å². The quantitative estimate of drug-likeness (QED) is 0.537. The van der Waals surface area contributed by atoms with Crippen LogP contribution in [0.15, 0.2) is 42.5 Å². The Hall–Kier alpha value is -3.93. The summed E-state index contributed by atoms with van der Waals surface area (Å²) in [5, 5.41) is 5.66. The summed E-state index contributed by atoms with van der Waals surface area (Å²) in [5.74, 6) is -2.35. The summed E-state index contributed by atoms with van der Waals surface area (Å²) in [6.45, 7) is 0.479. The highest BCUT2D eigenvalue weighted by molar-refractivity contribution is 7.91. The van der Waals surface area contributed by atoms with Crippen molar-refractivity contribution in [2.45, 2.75) is 13.0 Å². The number of sulfone groups is 1. The van der Waals surface area contributed by atoms with Crippen LogP contribution in [0, 0.1) is 11.6 Å². The predicted octanol–water partition coefficient (Wildman–Crippen LogP) is 2.21. The van der Waals surface area contributed by atoms with Crippen molar-refractivity contribution in [1.82, 2.24) is 20.2 Å². The fraction of sp³-hybridized carbons (Fsp3) is 0.250. The zero-order valence-electron chi connectivity index (χ0n) is 18.9. The van der Waals surface area contributed by atoms with E-state index in [4.69, 9.17) is 0 Å². The molecule has 1 aromatic heterocycles. The highest BCUT2D eigenvalue weighted by atomic mass is 32.2. The van der Waals surface area contributed by atoms with E-state index in [1.165, 1.54) is 6.07 Å². The maximum absolute atomic E-state index is 14.4. The second-order valence-electron chi connectivity index (χ2n) is 8.53. The van der Waals surface area contributed by atoms with Crippen molar-refractivity contribution in [3.8, 4) is 11.4 Å². The second kappa shape index (κ2) is 9.26. The SMILES string of the molecule is O=C1NCc2nc(-c3c(F)cccc3F)nc(Nc3ccc(CC(=O)N4CCS(=O)(=O)CC4)cc3)c21. The first-order chi connectivity index (χ1) is 17.2. The lowest BCUT2D eigenvalue weighted by molar-refractivity contribution is -0.130. The first-order valence-electron chi connectivity index (χ1n) is 11.2. The molecule has 2 aromatic carbocycles. The van der Waals surface area contributed by atoms with E-state index in [1.54, 1.807) is 29.2 Å². The van der Waals surface area contributed by atoms with Crippen LogP contribution in [0.5, 0.6) is 0 Å². The number of halogens is 2. The summed E-state index contributed by atoms with van der Waals surface area (Å²) in [6.07, 6.45) is 0.113. The maximum atomic E-state index is 14.4. The lowest BCUT2D eigenvalue weighted by Crippen LogP contribution is -2.44. The molecule has 0 spiro atoms. The van der Waals surface area contributed by atoms with Crippen molar-refractivity contribution in [2.24, 2.45) is 0 Å². The third kappa shape index (κ3) is 4.76. The molecule has 2 aliphatic rings. The Labute approximate surface area is 205 Å². The number of carbonyl (C=O) groups excluding carboxylic acids is 2. The van der Waals surface area contributed by atoms with Gasteiger partial charge in [0.05, 0.1) is 35.7 Å². The molecule has 36 heavy (non-hydrogen) atoms. The number of hydrogen-bond donors (Lipinski definition) is 2. The van der Waals surface area contributed by atoms with Crippen molar-refractivity contribution in [3.63, 3.8) is 0 Å². The van der Waals surface area contributed by atoms with Crippen LogP contribution in [-0.4, -0.2) is 59.7 Å². The number of carbonyl (C=O) groups is 2. The Bertz CT molecular complexity index is 1440. The number of fused-ring (bicyclic) bond motifs is 1. The van der Waals surface area contributed by atoms with Gasteiger partial charge >= 0.3 is 0 Å². The minimum atomic E-state index is -3.07. The Morgan fingerprint density at radius 2 is 1.67 bits per heavy atom. The molecule has 2 N–H and O–H groups in total. The van der Waals surface area contributed by atoms with Gasteiger partial charge in [-0.2, -0.15) is 0 Å². The van der Waals surface area contributed by atoms with Gasteiger partial charge in [0.15, 0.2) is 15.7 Å². The molecule has 0 unspecified atom stereocenters. The van der Waals surface area contributed by atoms with Crippen molar-refractivity contribution in [2.75, 3.05) is 29.9 Å². The maximum Gasteiger partial charge on any atom is 0.257 e. The first-order valence-corrected chi connectivity index (χ1v) is 13.0. The largest absolute Gasteiger partial charge is 0.346 e. The van der Waals surface area contributed by atoms with Crippen LogP contribution in [0.1, 0.15) is 21.6 Å². The number of amides is 2. The van der Waals surface area contributed by atoms with E-state index in [0.29, 0.717) is 11.4 Å². The van der Waals surface area contributed by atoms with Crippen molar-refractivity contribution >= 4 is 33.2 Å². The normalized spacial score (nSPS) is 16.4. The molecule has 3 heterocycles. The lowest BCUT2D eigenvalue weighted by Gasteiger charge is -2.26. The number of benzene rings is 2. The predicted molar refractivity (Wildman–Crippen MR) is 127 cm³/mol. The molecule has 0 saturated carbocycles. The Morgan fingerprint density at radius 1 is 1.00 bits per heavy atom. The van der Waals surface area contributed by atoms with E-state index in [-0.39, 0.29) is 66.2 Å². The lowest BCUT2D eigenvalue weighted by atomic mass is 10.1. The minimum absolute atomic E-state index is 0.0306. The summed E-state index contributed by atoms with van der Waals surface area (Å²) in [7, 11) is -3.07. The molecule has 3 aromatic rings. The van der Waals surface area contributed by atoms with Crippen molar-refractivity contribution < 1.29 is 26.8 Å². The highest BCUT2D eigenvalue weighted by Gasteiger charge is 2.28. The molecule has 0 radical (unpaired) electrons. The van der Waals surface area contributed by atoms with Crippen LogP contribution < -0.4 is 10.6 Å². The molecule has 0 atom stereocenters. The molecule has 1 fully saturated rings. The average molecular weight is 514 g/mol. The minimum Gasteiger partial charge on any atom is -0.346 e. The van der Waals surface area contributed by atoms with Crippen LogP contribution in [0.25, 0.3) is 11.4 Å². The van der Waals surface area contributed by atoms with E-state index in [1.807, 2.05) is 0 Å². The third-order valence-electron chi connectivity index (χ3n) is 6.08. The average Bonchev–Trinajstić information content (AvgIpc) is 3.21. The van der Waals surface area contributed by atoms with Gasteiger partial charge in [0.25, 0.3) is 5.91 Å². The molecule has 0 aliphatic carbocycles. The van der Waals surface area contributed by atoms with Crippen molar-refractivity contribution in [3.05, 3.63) is 70.9 Å². The van der Waals surface area contributed by atoms with E-state index < -0.39 is 27.4 Å². The van der Waals surface area contributed by atoms with E-state index in [9.17, 15) is 26.8 Å². The summed E-state index contributed by atoms with van der Waals surface area (Å²) in [4.78, 5) is 34.9. The summed E-state index contributed by atoms with van der Waals surface area (Å²) in [6, 6.07) is 10.3. The van der Waals surface area contributed by atoms with E-state index >= 15 is 0 Å². The highest BCUT2D eigenvalue weighted by Crippen LogP contribution is 2.30. The third-order valence-corrected chi connectivity index (χ3v) is 7.69. The summed E-state index contributed by atoms with van der Waals surface area (Å²) >= 11 is 0. The molecular formula is C24H21F2N5O4S. The molecular weight excluding hydrogens is 492 g/mol. The molecule has 2 aliphatic heterocycles. The number of nitrogens with zero attached hydrogens (tertiary/aromatic N) is 3. The van der Waals surface area contributed by atoms with Gasteiger partial charge in [-0.15, -0.1) is 0 Å². The van der Waals surface area contributed by atoms with Gasteiger partial charge in [-0.1, -0.05) is 18.2 Å². The van der Waals surface area contributed by atoms with Gasteiger partial charge in [-0.3, -0.25) is 9.59 Å². The Balaban J connectivity index is 1.36. The molecule has 2 amide bonds. The van der Waals surface area contributed by atoms with Crippen LogP contribution in [0.3, 0.4) is 0 Å². The standard InChI is InChI=1S/C24H21F2N5O4S/c25-16-2-1-3-17(26)20(16)22-29-18-13-27-24(33)21(18)23(30-22)28-15-6-4-14(5-7-15)12-19(32)31-8-10-36(34,35)11-9-31/h1-7H,8-13H2,(H,27,33)(H,28,29,30). The monoisotopic (exact) mass is 513 g/mol. The Morgan fingerprint density at radius 3 is 2.33 bits per heavy atom. The number of anilines is 2. The molecule has 1 saturated heterocycles. The molecule has 5 rings (SSSR count). The van der Waals surface area contributed by atoms with Crippen LogP contribution >= 0.6 is 0 Å². The smallest absolute Gasteiger partial charge is 0.257 e. The zero-order chi connectivity index (χ0) is 25.4. The summed E-state index contributed by atoms with van der Waals surface area (Å²) < 4.78 is 51.9. The second-order valence-corrected chi connectivity index (χ2v) is 10.8. The first kappa shape index (κ1) is 23.8. The zero-order valence-corrected chi connectivity index (χ0v) is 19.7. The Kier molecular flexibility index (Phi) is 6.12. The molecule has 186 valence electrons. The number of rotatable bonds is 5. The molecule has 0 bridgehead atoms. The van der Waals surface area contributed by atoms with Crippen LogP contribution in [-0.2, 0) is 27.6 Å². The van der Waals surface area contributed by atoms with Crippen LogP contribution in [0.2, 0.25) is 0 Å². The number of nitrogens with one attached hydrogen (secondary N) is 2. The van der Waals surface area contributed by atoms with Crippen molar-refractivity contribution in [1.29, 1.82) is 0 Å². The van der Waals surface area contributed by atoms with Gasteiger partial charge in [-0.05, 0) is 29.8 Å². The van der Waals surface area contributed by atoms with Gasteiger partial charge in [0.1, 0.15) is 23.0 Å². The molecule has 12 heteroatoms. The summed E-state index contributed by atoms with van der Waals surface area (Å²) in [5.41, 5.74) is 1.38. The fourth-order valence-corrected chi connectivity index (χ4v) is 5.33. The van der Waals surface area contributed by atoms with Gasteiger partial charge in [0.2, 0.25) is 5.91 Å². The van der Waals surface area contributed by atoms with E-state index in [2.05, 4.69) is 20.6 Å². The van der Waals surface area contributed by atoms with Gasteiger partial charge < -0.3 is 15.5 Å². The molecule has 9 nitrogen and oxygen atoms in total. The van der Waals surface area contributed by atoms with Gasteiger partial charge in [-0.25, -0.2) is 27.2 Å². The number of aromatic nitrogens is 2.